The number of ether oxygens (including phenoxy) is 1. The molecule has 0 aliphatic carbocycles. The van der Waals surface area contributed by atoms with Crippen molar-refractivity contribution in [2.75, 3.05) is 7.11 Å². The maximum atomic E-state index is 5.32. The SMILES string of the molecule is COc1ccccc1CNCc1c(C)n[nH]c1C. The van der Waals surface area contributed by atoms with Gasteiger partial charge in [-0.1, -0.05) is 18.2 Å². The van der Waals surface area contributed by atoms with Crippen molar-refractivity contribution < 1.29 is 4.74 Å². The molecule has 0 fully saturated rings. The predicted octanol–water partition coefficient (Wildman–Crippen LogP) is 2.32. The van der Waals surface area contributed by atoms with Crippen LogP contribution in [0.3, 0.4) is 0 Å². The normalized spacial score (nSPS) is 10.6. The molecule has 4 nitrogen and oxygen atoms in total. The number of rotatable bonds is 5. The third kappa shape index (κ3) is 2.71. The summed E-state index contributed by atoms with van der Waals surface area (Å²) in [5.74, 6) is 0.922. The Labute approximate surface area is 107 Å². The quantitative estimate of drug-likeness (QED) is 0.850. The fourth-order valence-electron chi connectivity index (χ4n) is 2.01. The van der Waals surface area contributed by atoms with Crippen LogP contribution in [0.1, 0.15) is 22.5 Å². The molecule has 0 radical (unpaired) electrons. The van der Waals surface area contributed by atoms with E-state index in [9.17, 15) is 0 Å². The van der Waals surface area contributed by atoms with Crippen molar-refractivity contribution in [1.29, 1.82) is 0 Å². The predicted molar refractivity (Wildman–Crippen MR) is 71.6 cm³/mol. The molecule has 0 spiro atoms. The van der Waals surface area contributed by atoms with E-state index in [0.29, 0.717) is 0 Å². The first kappa shape index (κ1) is 12.6. The van der Waals surface area contributed by atoms with Gasteiger partial charge in [-0.2, -0.15) is 5.10 Å². The minimum atomic E-state index is 0.786. The van der Waals surface area contributed by atoms with Gasteiger partial charge in [0.05, 0.1) is 12.8 Å². The molecule has 0 aliphatic heterocycles. The molecule has 4 heteroatoms. The smallest absolute Gasteiger partial charge is 0.123 e. The first-order chi connectivity index (χ1) is 8.72. The number of aromatic nitrogens is 2. The monoisotopic (exact) mass is 245 g/mol. The van der Waals surface area contributed by atoms with Gasteiger partial charge in [0.2, 0.25) is 0 Å². The molecule has 2 aromatic rings. The van der Waals surface area contributed by atoms with Gasteiger partial charge in [0.15, 0.2) is 0 Å². The number of hydrogen-bond donors (Lipinski definition) is 2. The lowest BCUT2D eigenvalue weighted by Crippen LogP contribution is -2.14. The molecule has 1 heterocycles. The highest BCUT2D eigenvalue weighted by Gasteiger charge is 2.06. The van der Waals surface area contributed by atoms with E-state index in [2.05, 4.69) is 21.6 Å². The van der Waals surface area contributed by atoms with Crippen molar-refractivity contribution in [3.63, 3.8) is 0 Å². The van der Waals surface area contributed by atoms with Crippen LogP contribution >= 0.6 is 0 Å². The Morgan fingerprint density at radius 1 is 1.22 bits per heavy atom. The molecule has 0 saturated heterocycles. The van der Waals surface area contributed by atoms with Crippen LogP contribution in [-0.2, 0) is 13.1 Å². The van der Waals surface area contributed by atoms with Crippen LogP contribution in [0, 0.1) is 13.8 Å². The second-order valence-electron chi connectivity index (χ2n) is 4.33. The maximum Gasteiger partial charge on any atom is 0.123 e. The van der Waals surface area contributed by atoms with Gasteiger partial charge in [-0.05, 0) is 19.9 Å². The van der Waals surface area contributed by atoms with Crippen molar-refractivity contribution in [3.05, 3.63) is 46.8 Å². The number of aromatic amines is 1. The summed E-state index contributed by atoms with van der Waals surface area (Å²) in [5.41, 5.74) is 4.59. The number of methoxy groups -OCH3 is 1. The molecule has 0 unspecified atom stereocenters. The zero-order valence-electron chi connectivity index (χ0n) is 11.1. The Bertz CT molecular complexity index is 500. The highest BCUT2D eigenvalue weighted by Crippen LogP contribution is 2.17. The zero-order chi connectivity index (χ0) is 13.0. The van der Waals surface area contributed by atoms with Crippen LogP contribution in [0.25, 0.3) is 0 Å². The highest BCUT2D eigenvalue weighted by molar-refractivity contribution is 5.33. The molecule has 96 valence electrons. The number of para-hydroxylation sites is 1. The zero-order valence-corrected chi connectivity index (χ0v) is 11.1. The van der Waals surface area contributed by atoms with Crippen LogP contribution in [0.15, 0.2) is 24.3 Å². The van der Waals surface area contributed by atoms with Gasteiger partial charge in [-0.15, -0.1) is 0 Å². The maximum absolute atomic E-state index is 5.32. The molecule has 1 aromatic carbocycles. The average molecular weight is 245 g/mol. The lowest BCUT2D eigenvalue weighted by Gasteiger charge is -2.09. The number of benzene rings is 1. The third-order valence-corrected chi connectivity index (χ3v) is 3.09. The Hall–Kier alpha value is -1.81. The van der Waals surface area contributed by atoms with Crippen molar-refractivity contribution in [3.8, 4) is 5.75 Å². The molecule has 0 bridgehead atoms. The third-order valence-electron chi connectivity index (χ3n) is 3.09. The molecule has 0 amide bonds. The van der Waals surface area contributed by atoms with Gasteiger partial charge in [0.25, 0.3) is 0 Å². The number of aryl methyl sites for hydroxylation is 2. The molecule has 1 aromatic heterocycles. The second kappa shape index (κ2) is 5.69. The first-order valence-corrected chi connectivity index (χ1v) is 6.05. The van der Waals surface area contributed by atoms with Gasteiger partial charge in [0.1, 0.15) is 5.75 Å². The number of nitrogens with one attached hydrogen (secondary N) is 2. The van der Waals surface area contributed by atoms with Crippen LogP contribution in [0.4, 0.5) is 0 Å². The summed E-state index contributed by atoms with van der Waals surface area (Å²) >= 11 is 0. The van der Waals surface area contributed by atoms with Crippen molar-refractivity contribution in [1.82, 2.24) is 15.5 Å². The Kier molecular flexibility index (Phi) is 3.99. The van der Waals surface area contributed by atoms with Gasteiger partial charge in [0, 0.05) is 29.9 Å². The van der Waals surface area contributed by atoms with E-state index in [0.717, 1.165) is 30.2 Å². The fraction of sp³-hybridized carbons (Fsp3) is 0.357. The summed E-state index contributed by atoms with van der Waals surface area (Å²) in [7, 11) is 1.70. The topological polar surface area (TPSA) is 49.9 Å². The van der Waals surface area contributed by atoms with Gasteiger partial charge < -0.3 is 10.1 Å². The Morgan fingerprint density at radius 3 is 2.67 bits per heavy atom. The highest BCUT2D eigenvalue weighted by atomic mass is 16.5. The summed E-state index contributed by atoms with van der Waals surface area (Å²) in [6.45, 7) is 5.66. The molecular formula is C14H19N3O. The van der Waals surface area contributed by atoms with E-state index in [-0.39, 0.29) is 0 Å². The Morgan fingerprint density at radius 2 is 2.00 bits per heavy atom. The van der Waals surface area contributed by atoms with Crippen LogP contribution in [-0.4, -0.2) is 17.3 Å². The number of hydrogen-bond acceptors (Lipinski definition) is 3. The molecule has 0 saturated carbocycles. The van der Waals surface area contributed by atoms with Crippen molar-refractivity contribution >= 4 is 0 Å². The Balaban J connectivity index is 1.96. The lowest BCUT2D eigenvalue weighted by atomic mass is 10.1. The van der Waals surface area contributed by atoms with Crippen molar-refractivity contribution in [2.24, 2.45) is 0 Å². The first-order valence-electron chi connectivity index (χ1n) is 6.05. The molecule has 0 aliphatic rings. The van der Waals surface area contributed by atoms with Crippen molar-refractivity contribution in [2.45, 2.75) is 26.9 Å². The van der Waals surface area contributed by atoms with E-state index in [1.54, 1.807) is 7.11 Å². The van der Waals surface area contributed by atoms with E-state index < -0.39 is 0 Å². The number of nitrogens with zero attached hydrogens (tertiary/aromatic N) is 1. The van der Waals surface area contributed by atoms with E-state index in [1.165, 1.54) is 11.1 Å². The summed E-state index contributed by atoms with van der Waals surface area (Å²) < 4.78 is 5.32. The second-order valence-corrected chi connectivity index (χ2v) is 4.33. The molecule has 0 atom stereocenters. The summed E-state index contributed by atoms with van der Waals surface area (Å²) in [5, 5.41) is 10.6. The molecule has 18 heavy (non-hydrogen) atoms. The number of H-pyrrole nitrogens is 1. The molecular weight excluding hydrogens is 226 g/mol. The lowest BCUT2D eigenvalue weighted by molar-refractivity contribution is 0.407. The average Bonchev–Trinajstić information content (AvgIpc) is 2.71. The standard InChI is InChI=1S/C14H19N3O/c1-10-13(11(2)17-16-10)9-15-8-12-6-4-5-7-14(12)18-3/h4-7,15H,8-9H2,1-3H3,(H,16,17). The van der Waals surface area contributed by atoms with E-state index in [4.69, 9.17) is 4.74 Å². The van der Waals surface area contributed by atoms with E-state index in [1.807, 2.05) is 32.0 Å². The minimum Gasteiger partial charge on any atom is -0.496 e. The summed E-state index contributed by atoms with van der Waals surface area (Å²) in [6, 6.07) is 8.05. The van der Waals surface area contributed by atoms with Crippen LogP contribution in [0.2, 0.25) is 0 Å². The summed E-state index contributed by atoms with van der Waals surface area (Å²) in [4.78, 5) is 0. The molecule has 2 rings (SSSR count). The van der Waals surface area contributed by atoms with Crippen LogP contribution < -0.4 is 10.1 Å². The largest absolute Gasteiger partial charge is 0.496 e. The van der Waals surface area contributed by atoms with E-state index >= 15 is 0 Å². The van der Waals surface area contributed by atoms with Gasteiger partial charge in [-0.25, -0.2) is 0 Å². The minimum absolute atomic E-state index is 0.786. The summed E-state index contributed by atoms with van der Waals surface area (Å²) in [6.07, 6.45) is 0. The fourth-order valence-corrected chi connectivity index (χ4v) is 2.01. The molecule has 2 N–H and O–H groups in total. The van der Waals surface area contributed by atoms with Gasteiger partial charge in [-0.3, -0.25) is 5.10 Å². The van der Waals surface area contributed by atoms with Gasteiger partial charge >= 0.3 is 0 Å². The van der Waals surface area contributed by atoms with Crippen LogP contribution in [0.5, 0.6) is 5.75 Å².